The number of hydrogen-bond donors (Lipinski definition) is 3. The molecule has 0 aromatic carbocycles. The van der Waals surface area contributed by atoms with E-state index in [0.717, 1.165) is 17.1 Å². The monoisotopic (exact) mass is 352 g/mol. The van der Waals surface area contributed by atoms with Crippen molar-refractivity contribution in [2.45, 2.75) is 52.2 Å². The van der Waals surface area contributed by atoms with Gasteiger partial charge in [-0.15, -0.1) is 0 Å². The molecule has 1 heterocycles. The Morgan fingerprint density at radius 3 is 2.00 bits per heavy atom. The normalized spacial score (nSPS) is 17.0. The molecule has 0 aliphatic carbocycles. The van der Waals surface area contributed by atoms with Crippen LogP contribution in [0.5, 0.6) is 0 Å². The number of nitrogens with zero attached hydrogens (tertiary/aromatic N) is 1. The Labute approximate surface area is 146 Å². The first kappa shape index (κ1) is 20.3. The molecular formula is C16H24N4O5. The van der Waals surface area contributed by atoms with Crippen LogP contribution in [0.25, 0.3) is 0 Å². The van der Waals surface area contributed by atoms with Gasteiger partial charge in [-0.1, -0.05) is 0 Å². The number of likely N-dealkylation sites (N-methyl/N-ethyl adjacent to an activating group) is 1. The number of carbonyl (C=O) groups excluding carboxylic acids is 5. The number of carbonyl (C=O) groups is 5. The molecule has 0 aromatic rings. The Morgan fingerprint density at radius 1 is 0.960 bits per heavy atom. The van der Waals surface area contributed by atoms with Crippen molar-refractivity contribution in [3.8, 4) is 0 Å². The Balaban J connectivity index is 2.47. The summed E-state index contributed by atoms with van der Waals surface area (Å²) in [6.07, 6.45) is 2.17. The van der Waals surface area contributed by atoms with Crippen molar-refractivity contribution in [3.05, 3.63) is 12.2 Å². The lowest BCUT2D eigenvalue weighted by atomic mass is 10.1. The van der Waals surface area contributed by atoms with Gasteiger partial charge in [0.05, 0.1) is 0 Å². The van der Waals surface area contributed by atoms with Gasteiger partial charge in [0, 0.05) is 31.2 Å². The van der Waals surface area contributed by atoms with Crippen LogP contribution in [-0.2, 0) is 24.0 Å². The largest absolute Gasteiger partial charge is 0.355 e. The van der Waals surface area contributed by atoms with E-state index in [1.807, 2.05) is 0 Å². The minimum absolute atomic E-state index is 0.122. The molecule has 1 rings (SSSR count). The van der Waals surface area contributed by atoms with Crippen LogP contribution in [0.2, 0.25) is 0 Å². The van der Waals surface area contributed by atoms with E-state index < -0.39 is 41.8 Å². The van der Waals surface area contributed by atoms with Crippen molar-refractivity contribution in [1.82, 2.24) is 20.9 Å². The highest BCUT2D eigenvalue weighted by Gasteiger charge is 2.30. The topological polar surface area (TPSA) is 125 Å². The van der Waals surface area contributed by atoms with Crippen molar-refractivity contribution in [2.75, 3.05) is 6.54 Å². The lowest BCUT2D eigenvalue weighted by Crippen LogP contribution is -2.52. The van der Waals surface area contributed by atoms with Crippen LogP contribution >= 0.6 is 0 Å². The third-order valence-electron chi connectivity index (χ3n) is 3.64. The lowest BCUT2D eigenvalue weighted by Gasteiger charge is -2.23. The summed E-state index contributed by atoms with van der Waals surface area (Å²) in [5, 5.41) is 7.57. The van der Waals surface area contributed by atoms with Crippen molar-refractivity contribution >= 4 is 29.5 Å². The minimum atomic E-state index is -0.861. The number of rotatable bonds is 8. The van der Waals surface area contributed by atoms with Crippen LogP contribution in [0.4, 0.5) is 0 Å². The lowest BCUT2D eigenvalue weighted by molar-refractivity contribution is -0.140. The SMILES string of the molecule is CCNC(=O)C(C)NC(=O)C(C)NC(=O)CC(C)N1C(=O)C=CC1=O. The summed E-state index contributed by atoms with van der Waals surface area (Å²) in [6, 6.07) is -2.21. The van der Waals surface area contributed by atoms with Gasteiger partial charge in [-0.2, -0.15) is 0 Å². The van der Waals surface area contributed by atoms with Gasteiger partial charge >= 0.3 is 0 Å². The van der Waals surface area contributed by atoms with Gasteiger partial charge in [-0.05, 0) is 27.7 Å². The van der Waals surface area contributed by atoms with Gasteiger partial charge in [-0.25, -0.2) is 0 Å². The Hall–Kier alpha value is -2.71. The summed E-state index contributed by atoms with van der Waals surface area (Å²) in [6.45, 7) is 6.81. The van der Waals surface area contributed by atoms with Crippen molar-refractivity contribution in [1.29, 1.82) is 0 Å². The van der Waals surface area contributed by atoms with E-state index in [1.54, 1.807) is 13.8 Å². The van der Waals surface area contributed by atoms with E-state index in [9.17, 15) is 24.0 Å². The molecule has 0 bridgehead atoms. The first-order valence-electron chi connectivity index (χ1n) is 8.10. The van der Waals surface area contributed by atoms with Crippen LogP contribution in [0.1, 0.15) is 34.1 Å². The highest BCUT2D eigenvalue weighted by Crippen LogP contribution is 2.11. The van der Waals surface area contributed by atoms with Gasteiger partial charge in [0.2, 0.25) is 17.7 Å². The third kappa shape index (κ3) is 5.70. The zero-order valence-electron chi connectivity index (χ0n) is 14.8. The average molecular weight is 352 g/mol. The average Bonchev–Trinajstić information content (AvgIpc) is 2.85. The van der Waals surface area contributed by atoms with Gasteiger partial charge in [-0.3, -0.25) is 28.9 Å². The highest BCUT2D eigenvalue weighted by molar-refractivity contribution is 6.13. The quantitative estimate of drug-likeness (QED) is 0.475. The molecule has 0 radical (unpaired) electrons. The summed E-state index contributed by atoms with van der Waals surface area (Å²) in [7, 11) is 0. The van der Waals surface area contributed by atoms with Gasteiger partial charge in [0.25, 0.3) is 11.8 Å². The summed E-state index contributed by atoms with van der Waals surface area (Å²) in [5.41, 5.74) is 0. The molecule has 3 unspecified atom stereocenters. The molecular weight excluding hydrogens is 328 g/mol. The molecule has 3 N–H and O–H groups in total. The summed E-state index contributed by atoms with van der Waals surface area (Å²) in [5.74, 6) is -2.23. The zero-order chi connectivity index (χ0) is 19.1. The second-order valence-corrected chi connectivity index (χ2v) is 5.85. The molecule has 0 saturated heterocycles. The molecule has 0 spiro atoms. The van der Waals surface area contributed by atoms with Gasteiger partial charge in [0.15, 0.2) is 0 Å². The summed E-state index contributed by atoms with van der Waals surface area (Å²) in [4.78, 5) is 59.7. The van der Waals surface area contributed by atoms with E-state index in [1.165, 1.54) is 13.8 Å². The Bertz CT molecular complexity index is 583. The molecule has 9 heteroatoms. The van der Waals surface area contributed by atoms with Crippen LogP contribution < -0.4 is 16.0 Å². The smallest absolute Gasteiger partial charge is 0.253 e. The zero-order valence-corrected chi connectivity index (χ0v) is 14.8. The number of imide groups is 1. The highest BCUT2D eigenvalue weighted by atomic mass is 16.2. The van der Waals surface area contributed by atoms with Crippen LogP contribution in [0, 0.1) is 0 Å². The van der Waals surface area contributed by atoms with Crippen molar-refractivity contribution in [3.63, 3.8) is 0 Å². The predicted octanol–water partition coefficient (Wildman–Crippen LogP) is -1.16. The van der Waals surface area contributed by atoms with Crippen molar-refractivity contribution in [2.24, 2.45) is 0 Å². The fraction of sp³-hybridized carbons (Fsp3) is 0.562. The molecule has 1 aliphatic heterocycles. The molecule has 0 saturated carbocycles. The number of nitrogens with one attached hydrogen (secondary N) is 3. The predicted molar refractivity (Wildman–Crippen MR) is 89.0 cm³/mol. The fourth-order valence-corrected chi connectivity index (χ4v) is 2.30. The van der Waals surface area contributed by atoms with E-state index in [2.05, 4.69) is 16.0 Å². The maximum Gasteiger partial charge on any atom is 0.253 e. The van der Waals surface area contributed by atoms with Gasteiger partial charge < -0.3 is 16.0 Å². The Kier molecular flexibility index (Phi) is 7.28. The van der Waals surface area contributed by atoms with Crippen molar-refractivity contribution < 1.29 is 24.0 Å². The third-order valence-corrected chi connectivity index (χ3v) is 3.64. The van der Waals surface area contributed by atoms with E-state index >= 15 is 0 Å². The minimum Gasteiger partial charge on any atom is -0.355 e. The van der Waals surface area contributed by atoms with E-state index in [-0.39, 0.29) is 12.3 Å². The second-order valence-electron chi connectivity index (χ2n) is 5.85. The first-order valence-corrected chi connectivity index (χ1v) is 8.10. The second kappa shape index (κ2) is 8.95. The van der Waals surface area contributed by atoms with E-state index in [4.69, 9.17) is 0 Å². The number of hydrogen-bond acceptors (Lipinski definition) is 5. The molecule has 1 aliphatic rings. The molecule has 138 valence electrons. The maximum absolute atomic E-state index is 12.0. The number of amides is 5. The molecule has 0 aromatic heterocycles. The molecule has 0 fully saturated rings. The summed E-state index contributed by atoms with van der Waals surface area (Å²) >= 11 is 0. The van der Waals surface area contributed by atoms with Gasteiger partial charge in [0.1, 0.15) is 12.1 Å². The molecule has 9 nitrogen and oxygen atoms in total. The molecule has 25 heavy (non-hydrogen) atoms. The molecule has 5 amide bonds. The summed E-state index contributed by atoms with van der Waals surface area (Å²) < 4.78 is 0. The fourth-order valence-electron chi connectivity index (χ4n) is 2.30. The van der Waals surface area contributed by atoms with Crippen LogP contribution in [0.15, 0.2) is 12.2 Å². The van der Waals surface area contributed by atoms with Crippen LogP contribution in [0.3, 0.4) is 0 Å². The van der Waals surface area contributed by atoms with E-state index in [0.29, 0.717) is 6.54 Å². The standard InChI is InChI=1S/C16H24N4O5/c1-5-17-15(24)10(3)19-16(25)11(4)18-12(21)8-9(2)20-13(22)6-7-14(20)23/h6-7,9-11H,5,8H2,1-4H3,(H,17,24)(H,18,21)(H,19,25). The first-order chi connectivity index (χ1) is 11.7. The molecule has 3 atom stereocenters. The Morgan fingerprint density at radius 2 is 1.48 bits per heavy atom. The van der Waals surface area contributed by atoms with Crippen LogP contribution in [-0.4, -0.2) is 59.1 Å². The maximum atomic E-state index is 12.0.